The number of phosphoric acid groups is 2. The predicted octanol–water partition coefficient (Wildman–Crippen LogP) is -5.27. The number of ether oxygens (including phenoxy) is 3. The Morgan fingerprint density at radius 2 is 1.65 bits per heavy atom. The van der Waals surface area contributed by atoms with Gasteiger partial charge < -0.3 is 54.4 Å². The van der Waals surface area contributed by atoms with Gasteiger partial charge in [-0.05, 0) is 0 Å². The Morgan fingerprint density at radius 3 is 2.24 bits per heavy atom. The normalized spacial score (nSPS) is 36.2. The number of nitrogens with one attached hydrogen (secondary N) is 1. The van der Waals surface area contributed by atoms with E-state index >= 15 is 0 Å². The second kappa shape index (κ2) is 11.1. The lowest BCUT2D eigenvalue weighted by Crippen LogP contribution is -2.60. The number of aromatic nitrogens is 2. The molecule has 3 heterocycles. The first-order valence-corrected chi connectivity index (χ1v) is 13.0. The van der Waals surface area contributed by atoms with Crippen molar-refractivity contribution in [1.82, 2.24) is 9.55 Å². The standard InChI is InChI=1S/C15H22N2O18P2/c18-5-1-2-17(15(25)16-5)12-9(22)6(19)4(32-12)3-31-13(23)10-7(20)8(21)11(14(24)33-10)34-37(29,30)35-36(26,27)28/h1-2,4,6-12,14,19-22,24H,3H2,(H,29,30)(H,16,18,25)(H2,26,27,28)/t4-,6-,7+,8+,9-,10+,11-,12-,14-/m1/s1. The minimum absolute atomic E-state index is 0.737. The quantitative estimate of drug-likeness (QED) is 0.102. The summed E-state index contributed by atoms with van der Waals surface area (Å²) < 4.78 is 45.8. The van der Waals surface area contributed by atoms with E-state index in [-0.39, 0.29) is 0 Å². The average molecular weight is 580 g/mol. The van der Waals surface area contributed by atoms with Crippen molar-refractivity contribution in [2.75, 3.05) is 6.61 Å². The van der Waals surface area contributed by atoms with Crippen LogP contribution in [-0.4, -0.2) is 111 Å². The molecule has 20 nitrogen and oxygen atoms in total. The van der Waals surface area contributed by atoms with Crippen molar-refractivity contribution in [3.63, 3.8) is 0 Å². The first kappa shape index (κ1) is 29.7. The molecule has 0 spiro atoms. The van der Waals surface area contributed by atoms with E-state index in [0.29, 0.717) is 0 Å². The van der Waals surface area contributed by atoms with Crippen LogP contribution in [0.3, 0.4) is 0 Å². The van der Waals surface area contributed by atoms with E-state index in [1.807, 2.05) is 4.98 Å². The lowest BCUT2D eigenvalue weighted by molar-refractivity contribution is -0.277. The van der Waals surface area contributed by atoms with Gasteiger partial charge in [0, 0.05) is 12.3 Å². The molecule has 2 saturated heterocycles. The summed E-state index contributed by atoms with van der Waals surface area (Å²) in [5, 5.41) is 50.5. The summed E-state index contributed by atoms with van der Waals surface area (Å²) in [7, 11) is -11.2. The molecule has 3 rings (SSSR count). The summed E-state index contributed by atoms with van der Waals surface area (Å²) in [6.07, 6.45) is -16.9. The fraction of sp³-hybridized carbons (Fsp3) is 0.667. The molecule has 1 aromatic rings. The van der Waals surface area contributed by atoms with Gasteiger partial charge in [-0.15, -0.1) is 0 Å². The molecule has 0 aliphatic carbocycles. The number of aliphatic hydroxyl groups is 5. The monoisotopic (exact) mass is 580 g/mol. The van der Waals surface area contributed by atoms with Gasteiger partial charge in [-0.25, -0.2) is 18.7 Å². The molecule has 37 heavy (non-hydrogen) atoms. The summed E-state index contributed by atoms with van der Waals surface area (Å²) >= 11 is 0. The predicted molar refractivity (Wildman–Crippen MR) is 109 cm³/mol. The molecular formula is C15H22N2O18P2. The zero-order valence-corrected chi connectivity index (χ0v) is 19.8. The molecule has 1 unspecified atom stereocenters. The molecule has 0 aromatic carbocycles. The van der Waals surface area contributed by atoms with Crippen molar-refractivity contribution in [3.05, 3.63) is 33.1 Å². The smallest absolute Gasteiger partial charge is 0.461 e. The van der Waals surface area contributed by atoms with Crippen LogP contribution in [0.25, 0.3) is 0 Å². The van der Waals surface area contributed by atoms with Gasteiger partial charge >= 0.3 is 27.3 Å². The number of nitrogens with zero attached hydrogens (tertiary/aromatic N) is 1. The van der Waals surface area contributed by atoms with Gasteiger partial charge in [0.1, 0.15) is 43.2 Å². The van der Waals surface area contributed by atoms with Gasteiger partial charge in [0.15, 0.2) is 18.6 Å². The molecule has 2 aliphatic heterocycles. The molecule has 0 radical (unpaired) electrons. The third kappa shape index (κ3) is 6.96. The van der Waals surface area contributed by atoms with Crippen LogP contribution in [0, 0.1) is 0 Å². The number of esters is 1. The molecule has 0 amide bonds. The minimum Gasteiger partial charge on any atom is -0.461 e. The highest BCUT2D eigenvalue weighted by molar-refractivity contribution is 7.60. The van der Waals surface area contributed by atoms with Crippen LogP contribution in [0.1, 0.15) is 6.23 Å². The van der Waals surface area contributed by atoms with E-state index in [1.165, 1.54) is 0 Å². The number of carbonyl (C=O) groups is 1. The van der Waals surface area contributed by atoms with Gasteiger partial charge in [0.05, 0.1) is 0 Å². The number of phosphoric ester groups is 1. The number of hydrogen-bond donors (Lipinski definition) is 9. The maximum absolute atomic E-state index is 12.4. The van der Waals surface area contributed by atoms with Crippen LogP contribution in [0.4, 0.5) is 0 Å². The Morgan fingerprint density at radius 1 is 1.00 bits per heavy atom. The summed E-state index contributed by atoms with van der Waals surface area (Å²) in [5.74, 6) is -1.46. The molecule has 0 bridgehead atoms. The Kier molecular flexibility index (Phi) is 8.89. The fourth-order valence-electron chi connectivity index (χ4n) is 3.44. The van der Waals surface area contributed by atoms with E-state index in [9.17, 15) is 53.9 Å². The lowest BCUT2D eigenvalue weighted by Gasteiger charge is -2.39. The number of aliphatic hydroxyl groups excluding tert-OH is 5. The van der Waals surface area contributed by atoms with Gasteiger partial charge in [-0.2, -0.15) is 4.31 Å². The molecule has 9 N–H and O–H groups in total. The van der Waals surface area contributed by atoms with E-state index < -0.39 is 94.7 Å². The van der Waals surface area contributed by atoms with Crippen LogP contribution in [0.5, 0.6) is 0 Å². The first-order chi connectivity index (χ1) is 17.0. The van der Waals surface area contributed by atoms with Crippen molar-refractivity contribution in [2.24, 2.45) is 0 Å². The topological polar surface area (TPSA) is 314 Å². The van der Waals surface area contributed by atoms with Crippen molar-refractivity contribution < 1.29 is 77.2 Å². The maximum atomic E-state index is 12.4. The number of carbonyl (C=O) groups excluding carboxylic acids is 1. The SMILES string of the molecule is O=C(OC[C@H]1O[C@@H](n2ccc(=O)[nH]c2=O)[C@H](O)[C@@H]1O)[C@H]1O[C@@H](O)[C@H](OP(=O)(O)OP(=O)(O)O)[C@@H](O)[C@@H]1O. The first-order valence-electron chi connectivity index (χ1n) is 9.98. The van der Waals surface area contributed by atoms with E-state index in [2.05, 4.69) is 8.83 Å². The van der Waals surface area contributed by atoms with Crippen LogP contribution in [0.2, 0.25) is 0 Å². The summed E-state index contributed by atoms with van der Waals surface area (Å²) in [5.41, 5.74) is -1.71. The molecule has 0 saturated carbocycles. The fourth-order valence-corrected chi connectivity index (χ4v) is 5.20. The average Bonchev–Trinajstić information content (AvgIpc) is 3.04. The number of hydrogen-bond acceptors (Lipinski definition) is 15. The largest absolute Gasteiger partial charge is 0.481 e. The summed E-state index contributed by atoms with van der Waals surface area (Å²) in [6.45, 7) is -0.813. The van der Waals surface area contributed by atoms with Gasteiger partial charge in [0.25, 0.3) is 5.56 Å². The second-order valence-electron chi connectivity index (χ2n) is 7.73. The maximum Gasteiger partial charge on any atom is 0.481 e. The Labute approximate surface area is 204 Å². The Bertz CT molecular complexity index is 1200. The minimum atomic E-state index is -5.61. The molecule has 1 aromatic heterocycles. The van der Waals surface area contributed by atoms with E-state index in [1.54, 1.807) is 0 Å². The third-order valence-electron chi connectivity index (χ3n) is 5.11. The highest BCUT2D eigenvalue weighted by atomic mass is 31.3. The Balaban J connectivity index is 1.62. The molecule has 210 valence electrons. The highest BCUT2D eigenvalue weighted by Crippen LogP contribution is 2.58. The lowest BCUT2D eigenvalue weighted by atomic mass is 9.99. The van der Waals surface area contributed by atoms with Gasteiger partial charge in [-0.1, -0.05) is 0 Å². The Hall–Kier alpha value is -1.87. The van der Waals surface area contributed by atoms with Crippen molar-refractivity contribution >= 4 is 21.6 Å². The van der Waals surface area contributed by atoms with Crippen LogP contribution < -0.4 is 11.2 Å². The van der Waals surface area contributed by atoms with E-state index in [0.717, 1.165) is 16.8 Å². The summed E-state index contributed by atoms with van der Waals surface area (Å²) in [4.78, 5) is 64.0. The second-order valence-corrected chi connectivity index (χ2v) is 10.5. The molecular weight excluding hydrogens is 558 g/mol. The van der Waals surface area contributed by atoms with Gasteiger partial charge in [0.2, 0.25) is 0 Å². The molecule has 2 fully saturated rings. The number of H-pyrrole nitrogens is 1. The summed E-state index contributed by atoms with van der Waals surface area (Å²) in [6, 6.07) is 0.945. The van der Waals surface area contributed by atoms with Crippen LogP contribution >= 0.6 is 15.6 Å². The molecule has 22 heteroatoms. The van der Waals surface area contributed by atoms with E-state index in [4.69, 9.17) is 24.0 Å². The molecule has 10 atom stereocenters. The third-order valence-corrected chi connectivity index (χ3v) is 7.30. The zero-order chi connectivity index (χ0) is 27.9. The zero-order valence-electron chi connectivity index (χ0n) is 18.1. The van der Waals surface area contributed by atoms with Crippen molar-refractivity contribution in [2.45, 2.75) is 55.2 Å². The highest BCUT2D eigenvalue weighted by Gasteiger charge is 2.52. The van der Waals surface area contributed by atoms with Gasteiger partial charge in [-0.3, -0.25) is 18.9 Å². The molecule has 2 aliphatic rings. The van der Waals surface area contributed by atoms with Crippen molar-refractivity contribution in [1.29, 1.82) is 0 Å². The number of aromatic amines is 1. The van der Waals surface area contributed by atoms with Crippen LogP contribution in [0.15, 0.2) is 21.9 Å². The number of rotatable bonds is 8. The van der Waals surface area contributed by atoms with Crippen LogP contribution in [-0.2, 0) is 37.0 Å². The van der Waals surface area contributed by atoms with Crippen molar-refractivity contribution in [3.8, 4) is 0 Å².